The summed E-state index contributed by atoms with van der Waals surface area (Å²) in [7, 11) is -0.162. The van der Waals surface area contributed by atoms with Crippen molar-refractivity contribution in [3.8, 4) is 0 Å². The first-order valence-electron chi connectivity index (χ1n) is 7.74. The van der Waals surface area contributed by atoms with Crippen LogP contribution in [0.1, 0.15) is 10.4 Å². The summed E-state index contributed by atoms with van der Waals surface area (Å²) >= 11 is 1.64. The van der Waals surface area contributed by atoms with E-state index in [4.69, 9.17) is 4.74 Å². The average molecular weight is 371 g/mol. The monoisotopic (exact) mass is 370 g/mol. The van der Waals surface area contributed by atoms with Crippen LogP contribution in [0, 0.1) is 19.8 Å². The van der Waals surface area contributed by atoms with E-state index in [9.17, 15) is 8.42 Å². The normalized spacial score (nSPS) is 21.7. The first-order valence-corrected chi connectivity index (χ1v) is 10.2. The molecule has 2 atom stereocenters. The van der Waals surface area contributed by atoms with E-state index >= 15 is 0 Å². The molecule has 1 fully saturated rings. The number of hydrogen-bond acceptors (Lipinski definition) is 7. The van der Waals surface area contributed by atoms with Gasteiger partial charge in [0, 0.05) is 24.9 Å². The molecular weight excluding hydrogens is 348 g/mol. The summed E-state index contributed by atoms with van der Waals surface area (Å²) in [6, 6.07) is -0.0857. The molecule has 2 aromatic rings. The number of sulfonamides is 1. The number of fused-ring (bicyclic) bond motifs is 1. The molecule has 0 bridgehead atoms. The molecule has 0 radical (unpaired) electrons. The van der Waals surface area contributed by atoms with Crippen LogP contribution in [0.15, 0.2) is 6.33 Å². The molecule has 3 rings (SSSR count). The third-order valence-corrected chi connectivity index (χ3v) is 7.54. The van der Waals surface area contributed by atoms with E-state index in [1.807, 2.05) is 0 Å². The lowest BCUT2D eigenvalue weighted by Crippen LogP contribution is -2.37. The fourth-order valence-electron chi connectivity index (χ4n) is 2.81. The number of nitrogens with one attached hydrogen (secondary N) is 1. The Bertz CT molecular complexity index is 848. The van der Waals surface area contributed by atoms with Crippen molar-refractivity contribution in [2.75, 3.05) is 38.4 Å². The van der Waals surface area contributed by atoms with Gasteiger partial charge in [0.2, 0.25) is 10.0 Å². The third kappa shape index (κ3) is 3.26. The molecule has 0 spiro atoms. The highest BCUT2D eigenvalue weighted by Gasteiger charge is 2.33. The topological polar surface area (TPSA) is 84.4 Å². The van der Waals surface area contributed by atoms with Crippen molar-refractivity contribution < 1.29 is 13.2 Å². The van der Waals surface area contributed by atoms with Gasteiger partial charge in [-0.1, -0.05) is 0 Å². The number of ether oxygens (including phenoxy) is 1. The van der Waals surface area contributed by atoms with Crippen LogP contribution in [0.3, 0.4) is 0 Å². The number of rotatable bonds is 5. The van der Waals surface area contributed by atoms with Crippen LogP contribution in [0.4, 0.5) is 5.82 Å². The Hall–Kier alpha value is -1.29. The van der Waals surface area contributed by atoms with E-state index < -0.39 is 10.0 Å². The zero-order valence-electron chi connectivity index (χ0n) is 14.2. The Morgan fingerprint density at radius 2 is 2.08 bits per heavy atom. The molecule has 0 unspecified atom stereocenters. The fourth-order valence-corrected chi connectivity index (χ4v) is 4.97. The van der Waals surface area contributed by atoms with Gasteiger partial charge < -0.3 is 10.1 Å². The standard InChI is InChI=1S/C15H22N4O3S2/c1-9-10(2)23-15-13(9)14(16-8-17-15)18-12-6-22-5-11(12)7-24(20,21)19(3)4/h8,11-12H,5-7H2,1-4H3,(H,16,17,18)/t11-,12-/m0/s1. The summed E-state index contributed by atoms with van der Waals surface area (Å²) in [5, 5.41) is 4.41. The van der Waals surface area contributed by atoms with Crippen molar-refractivity contribution in [3.63, 3.8) is 0 Å². The SMILES string of the molecule is Cc1sc2ncnc(N[C@H]3COC[C@H]3CS(=O)(=O)N(C)C)c2c1C. The molecule has 0 amide bonds. The number of aromatic nitrogens is 2. The van der Waals surface area contributed by atoms with Gasteiger partial charge in [-0.3, -0.25) is 0 Å². The zero-order chi connectivity index (χ0) is 17.5. The van der Waals surface area contributed by atoms with Crippen LogP contribution in [-0.2, 0) is 14.8 Å². The van der Waals surface area contributed by atoms with Gasteiger partial charge in [0.1, 0.15) is 17.0 Å². The quantitative estimate of drug-likeness (QED) is 0.861. The van der Waals surface area contributed by atoms with E-state index in [-0.39, 0.29) is 17.7 Å². The predicted molar refractivity (Wildman–Crippen MR) is 96.1 cm³/mol. The van der Waals surface area contributed by atoms with Gasteiger partial charge in [-0.25, -0.2) is 22.7 Å². The first kappa shape index (κ1) is 17.5. The smallest absolute Gasteiger partial charge is 0.214 e. The molecule has 0 saturated carbocycles. The van der Waals surface area contributed by atoms with Crippen molar-refractivity contribution >= 4 is 37.4 Å². The van der Waals surface area contributed by atoms with Crippen molar-refractivity contribution in [3.05, 3.63) is 16.8 Å². The lowest BCUT2D eigenvalue weighted by Gasteiger charge is -2.21. The van der Waals surface area contributed by atoms with Gasteiger partial charge in [-0.05, 0) is 19.4 Å². The Morgan fingerprint density at radius 3 is 2.79 bits per heavy atom. The minimum absolute atomic E-state index is 0.0630. The van der Waals surface area contributed by atoms with E-state index in [0.29, 0.717) is 13.2 Å². The van der Waals surface area contributed by atoms with Crippen molar-refractivity contribution in [1.29, 1.82) is 0 Å². The summed E-state index contributed by atoms with van der Waals surface area (Å²) in [5.41, 5.74) is 1.16. The molecule has 2 aromatic heterocycles. The summed E-state index contributed by atoms with van der Waals surface area (Å²) in [5.74, 6) is 0.708. The predicted octanol–water partition coefficient (Wildman–Crippen LogP) is 1.63. The summed E-state index contributed by atoms with van der Waals surface area (Å²) in [4.78, 5) is 10.9. The highest BCUT2D eigenvalue weighted by Crippen LogP contribution is 2.33. The Kier molecular flexibility index (Phi) is 4.78. The van der Waals surface area contributed by atoms with Gasteiger partial charge >= 0.3 is 0 Å². The summed E-state index contributed by atoms with van der Waals surface area (Å²) in [6.45, 7) is 5.03. The fraction of sp³-hybridized carbons (Fsp3) is 0.600. The highest BCUT2D eigenvalue weighted by molar-refractivity contribution is 7.89. The second-order valence-corrected chi connectivity index (χ2v) is 9.73. The maximum atomic E-state index is 12.2. The third-order valence-electron chi connectivity index (χ3n) is 4.47. The van der Waals surface area contributed by atoms with Crippen LogP contribution < -0.4 is 5.32 Å². The lowest BCUT2D eigenvalue weighted by molar-refractivity contribution is 0.187. The second kappa shape index (κ2) is 6.55. The zero-order valence-corrected chi connectivity index (χ0v) is 15.9. The molecule has 1 saturated heterocycles. The molecule has 24 heavy (non-hydrogen) atoms. The average Bonchev–Trinajstić information content (AvgIpc) is 3.04. The molecule has 1 aliphatic heterocycles. The molecule has 1 N–H and O–H groups in total. The maximum Gasteiger partial charge on any atom is 0.214 e. The molecule has 0 aliphatic carbocycles. The van der Waals surface area contributed by atoms with Crippen LogP contribution in [0.2, 0.25) is 0 Å². The molecule has 1 aliphatic rings. The Morgan fingerprint density at radius 1 is 1.33 bits per heavy atom. The Labute approximate surface area is 146 Å². The molecule has 3 heterocycles. The van der Waals surface area contributed by atoms with Crippen LogP contribution in [0.5, 0.6) is 0 Å². The van der Waals surface area contributed by atoms with Crippen molar-refractivity contribution in [2.24, 2.45) is 5.92 Å². The van der Waals surface area contributed by atoms with E-state index in [1.165, 1.54) is 9.18 Å². The minimum atomic E-state index is -3.27. The first-order chi connectivity index (χ1) is 11.3. The van der Waals surface area contributed by atoms with Crippen LogP contribution >= 0.6 is 11.3 Å². The van der Waals surface area contributed by atoms with Crippen LogP contribution in [0.25, 0.3) is 10.2 Å². The second-order valence-electron chi connectivity index (χ2n) is 6.29. The maximum absolute atomic E-state index is 12.2. The minimum Gasteiger partial charge on any atom is -0.379 e. The number of aryl methyl sites for hydroxylation is 2. The van der Waals surface area contributed by atoms with E-state index in [2.05, 4.69) is 29.1 Å². The number of thiophene rings is 1. The number of anilines is 1. The molecule has 9 heteroatoms. The molecule has 132 valence electrons. The summed E-state index contributed by atoms with van der Waals surface area (Å²) in [6.07, 6.45) is 1.54. The van der Waals surface area contributed by atoms with Gasteiger partial charge in [0.25, 0.3) is 0 Å². The Balaban J connectivity index is 1.85. The highest BCUT2D eigenvalue weighted by atomic mass is 32.2. The van der Waals surface area contributed by atoms with Gasteiger partial charge in [0.05, 0.1) is 30.4 Å². The van der Waals surface area contributed by atoms with E-state index in [1.54, 1.807) is 31.8 Å². The van der Waals surface area contributed by atoms with E-state index in [0.717, 1.165) is 21.6 Å². The molecular formula is C15H22N4O3S2. The van der Waals surface area contributed by atoms with Gasteiger partial charge in [-0.2, -0.15) is 0 Å². The van der Waals surface area contributed by atoms with Gasteiger partial charge in [-0.15, -0.1) is 11.3 Å². The number of hydrogen-bond donors (Lipinski definition) is 1. The largest absolute Gasteiger partial charge is 0.379 e. The van der Waals surface area contributed by atoms with Gasteiger partial charge in [0.15, 0.2) is 0 Å². The number of nitrogens with zero attached hydrogens (tertiary/aromatic N) is 3. The molecule has 0 aromatic carbocycles. The lowest BCUT2D eigenvalue weighted by atomic mass is 10.1. The summed E-state index contributed by atoms with van der Waals surface area (Å²) < 4.78 is 31.1. The molecule has 7 nitrogen and oxygen atoms in total. The van der Waals surface area contributed by atoms with Crippen molar-refractivity contribution in [2.45, 2.75) is 19.9 Å². The van der Waals surface area contributed by atoms with Crippen LogP contribution in [-0.4, -0.2) is 61.8 Å². The van der Waals surface area contributed by atoms with Crippen molar-refractivity contribution in [1.82, 2.24) is 14.3 Å².